The zero-order valence-electron chi connectivity index (χ0n) is 35.1. The van der Waals surface area contributed by atoms with E-state index in [0.29, 0.717) is 19.3 Å². The first kappa shape index (κ1) is 53.9. The fraction of sp³-hybridized carbons (Fsp3) is 0.795. The Bertz CT molecular complexity index is 1090. The quantitative estimate of drug-likeness (QED) is 0.0134. The van der Waals surface area contributed by atoms with Gasteiger partial charge in [-0.2, -0.15) is 0 Å². The monoisotopic (exact) mass is 815 g/mol. The van der Waals surface area contributed by atoms with Gasteiger partial charge >= 0.3 is 19.8 Å². The van der Waals surface area contributed by atoms with E-state index in [9.17, 15) is 28.9 Å². The van der Waals surface area contributed by atoms with Gasteiger partial charge in [-0.15, -0.1) is 0 Å². The number of phosphoric acid groups is 1. The molecule has 0 radical (unpaired) electrons. The first-order valence-electron chi connectivity index (χ1n) is 21.9. The molecule has 0 saturated carbocycles. The Morgan fingerprint density at radius 1 is 0.571 bits per heavy atom. The minimum absolute atomic E-state index is 0.162. The van der Waals surface area contributed by atoms with Gasteiger partial charge in [0.2, 0.25) is 0 Å². The molecule has 3 N–H and O–H groups in total. The van der Waals surface area contributed by atoms with Crippen LogP contribution < -0.4 is 0 Å². The number of allylic oxidation sites excluding steroid dienone is 6. The maximum absolute atomic E-state index is 12.6. The highest BCUT2D eigenvalue weighted by Crippen LogP contribution is 2.43. The van der Waals surface area contributed by atoms with Crippen LogP contribution in [0.4, 0.5) is 0 Å². The molecule has 0 aromatic carbocycles. The topological polar surface area (TPSA) is 166 Å². The van der Waals surface area contributed by atoms with Crippen molar-refractivity contribution in [3.8, 4) is 0 Å². The maximum atomic E-state index is 12.6. The number of aliphatic hydroxyl groups is 2. The lowest BCUT2D eigenvalue weighted by molar-refractivity contribution is -0.161. The van der Waals surface area contributed by atoms with Gasteiger partial charge in [-0.05, 0) is 63.9 Å². The largest absolute Gasteiger partial charge is 0.472 e. The van der Waals surface area contributed by atoms with Crippen molar-refractivity contribution in [1.29, 1.82) is 0 Å². The number of hydrogen-bond donors (Lipinski definition) is 3. The highest BCUT2D eigenvalue weighted by atomic mass is 31.2. The fourth-order valence-electron chi connectivity index (χ4n) is 5.79. The third kappa shape index (κ3) is 38.7. The van der Waals surface area contributed by atoms with Crippen LogP contribution in [0.15, 0.2) is 36.5 Å². The number of rotatable bonds is 41. The van der Waals surface area contributed by atoms with Gasteiger partial charge in [-0.25, -0.2) is 4.57 Å². The van der Waals surface area contributed by atoms with Gasteiger partial charge in [-0.3, -0.25) is 23.4 Å². The Balaban J connectivity index is 4.35. The summed E-state index contributed by atoms with van der Waals surface area (Å²) in [4.78, 5) is 46.7. The van der Waals surface area contributed by atoms with Crippen LogP contribution in [0.1, 0.15) is 187 Å². The molecule has 3 atom stereocenters. The van der Waals surface area contributed by atoms with Crippen LogP contribution in [0.5, 0.6) is 0 Å². The summed E-state index contributed by atoms with van der Waals surface area (Å²) in [6, 6.07) is 0. The second-order valence-corrected chi connectivity index (χ2v) is 16.2. The third-order valence-electron chi connectivity index (χ3n) is 9.24. The predicted octanol–water partition coefficient (Wildman–Crippen LogP) is 10.7. The Kier molecular flexibility index (Phi) is 38.2. The summed E-state index contributed by atoms with van der Waals surface area (Å²) >= 11 is 0. The van der Waals surface area contributed by atoms with Crippen LogP contribution in [0.2, 0.25) is 0 Å². The Hall–Kier alpha value is -2.14. The molecule has 0 rings (SSSR count). The summed E-state index contributed by atoms with van der Waals surface area (Å²) in [5.74, 6) is -0.823. The molecule has 56 heavy (non-hydrogen) atoms. The van der Waals surface area contributed by atoms with Gasteiger partial charge in [0.1, 0.15) is 12.7 Å². The minimum Gasteiger partial charge on any atom is -0.462 e. The van der Waals surface area contributed by atoms with E-state index in [1.54, 1.807) is 12.2 Å². The van der Waals surface area contributed by atoms with Crippen molar-refractivity contribution in [2.45, 2.75) is 199 Å². The van der Waals surface area contributed by atoms with Crippen LogP contribution in [0.25, 0.3) is 0 Å². The van der Waals surface area contributed by atoms with E-state index in [4.69, 9.17) is 19.1 Å². The lowest BCUT2D eigenvalue weighted by atomic mass is 10.1. The van der Waals surface area contributed by atoms with Crippen molar-refractivity contribution in [1.82, 2.24) is 0 Å². The van der Waals surface area contributed by atoms with Gasteiger partial charge in [0.25, 0.3) is 0 Å². The Labute approximate surface area is 339 Å². The predicted molar refractivity (Wildman–Crippen MR) is 224 cm³/mol. The normalized spacial score (nSPS) is 14.1. The summed E-state index contributed by atoms with van der Waals surface area (Å²) in [6.07, 6.45) is 36.6. The number of esters is 2. The van der Waals surface area contributed by atoms with Crippen molar-refractivity contribution < 1.29 is 52.6 Å². The van der Waals surface area contributed by atoms with Crippen LogP contribution >= 0.6 is 7.82 Å². The molecule has 0 fully saturated rings. The molecule has 0 aromatic heterocycles. The zero-order valence-corrected chi connectivity index (χ0v) is 36.0. The number of phosphoric ester groups is 1. The molecule has 0 aliphatic carbocycles. The number of ether oxygens (including phenoxy) is 2. The summed E-state index contributed by atoms with van der Waals surface area (Å²) in [7, 11) is -4.64. The van der Waals surface area contributed by atoms with Gasteiger partial charge < -0.3 is 24.6 Å². The van der Waals surface area contributed by atoms with E-state index in [2.05, 4.69) is 36.6 Å². The molecule has 0 aliphatic rings. The molecule has 12 heteroatoms. The molecule has 326 valence electrons. The first-order valence-corrected chi connectivity index (χ1v) is 23.4. The van der Waals surface area contributed by atoms with Crippen LogP contribution in [0, 0.1) is 0 Å². The number of ketones is 1. The number of carbonyl (C=O) groups is 3. The second kappa shape index (κ2) is 39.7. The van der Waals surface area contributed by atoms with Gasteiger partial charge in [0.15, 0.2) is 11.9 Å². The molecule has 0 saturated heterocycles. The fourth-order valence-corrected chi connectivity index (χ4v) is 6.58. The number of hydrogen-bond acceptors (Lipinski definition) is 10. The molecule has 0 spiro atoms. The van der Waals surface area contributed by atoms with Crippen LogP contribution in [-0.2, 0) is 37.5 Å². The summed E-state index contributed by atoms with van der Waals surface area (Å²) < 4.78 is 32.7. The summed E-state index contributed by atoms with van der Waals surface area (Å²) in [6.45, 7) is 2.17. The van der Waals surface area contributed by atoms with Crippen molar-refractivity contribution in [2.75, 3.05) is 26.4 Å². The highest BCUT2D eigenvalue weighted by molar-refractivity contribution is 7.47. The van der Waals surface area contributed by atoms with Gasteiger partial charge in [0, 0.05) is 19.3 Å². The Morgan fingerprint density at radius 2 is 1.04 bits per heavy atom. The molecule has 0 aliphatic heterocycles. The second-order valence-electron chi connectivity index (χ2n) is 14.7. The molecular weight excluding hydrogens is 735 g/mol. The molecule has 0 aromatic rings. The van der Waals surface area contributed by atoms with E-state index in [-0.39, 0.29) is 25.2 Å². The molecular formula is C44H79O11P. The number of carbonyl (C=O) groups excluding carboxylic acids is 3. The standard InChI is InChI=1S/C44H79O11P/c1-3-5-7-8-9-10-11-12-13-14-15-16-17-20-24-27-31-35-44(49)55-42(39-54-56(50,51)53-37-41(47)36-45)38-52-43(48)34-30-26-23-21-18-19-22-25-29-33-40(46)32-28-6-4-2/h12-13,22,25,29,33,41-42,45,47H,3-11,14-21,23-24,26-28,30-32,34-39H2,1-2H3,(H,50,51)/b13-12-,25-22-,33-29+/t41-,42+/m0/s1. The van der Waals surface area contributed by atoms with Crippen LogP contribution in [0.3, 0.4) is 0 Å². The molecule has 0 bridgehead atoms. The van der Waals surface area contributed by atoms with Gasteiger partial charge in [-0.1, -0.05) is 141 Å². The third-order valence-corrected chi connectivity index (χ3v) is 10.2. The number of aliphatic hydroxyl groups excluding tert-OH is 2. The molecule has 1 unspecified atom stereocenters. The van der Waals surface area contributed by atoms with Crippen molar-refractivity contribution in [3.05, 3.63) is 36.5 Å². The van der Waals surface area contributed by atoms with Crippen molar-refractivity contribution in [2.24, 2.45) is 0 Å². The van der Waals surface area contributed by atoms with Crippen molar-refractivity contribution in [3.63, 3.8) is 0 Å². The van der Waals surface area contributed by atoms with Gasteiger partial charge in [0.05, 0.1) is 19.8 Å². The van der Waals surface area contributed by atoms with Crippen LogP contribution in [-0.4, -0.2) is 71.5 Å². The minimum atomic E-state index is -4.64. The zero-order chi connectivity index (χ0) is 41.4. The van der Waals surface area contributed by atoms with E-state index in [1.165, 1.54) is 64.2 Å². The summed E-state index contributed by atoms with van der Waals surface area (Å²) in [5.41, 5.74) is 0. The lowest BCUT2D eigenvalue weighted by Crippen LogP contribution is -2.29. The highest BCUT2D eigenvalue weighted by Gasteiger charge is 2.27. The van der Waals surface area contributed by atoms with E-state index >= 15 is 0 Å². The van der Waals surface area contributed by atoms with Crippen molar-refractivity contribution >= 4 is 25.5 Å². The maximum Gasteiger partial charge on any atom is 0.472 e. The average Bonchev–Trinajstić information content (AvgIpc) is 3.18. The summed E-state index contributed by atoms with van der Waals surface area (Å²) in [5, 5.41) is 18.3. The van der Waals surface area contributed by atoms with E-state index in [0.717, 1.165) is 77.0 Å². The van der Waals surface area contributed by atoms with E-state index in [1.807, 2.05) is 6.08 Å². The SMILES string of the molecule is CCCCCCCC/C=C\CCCCCCCCCC(=O)O[C@H](COC(=O)CCCCCCC/C=C\C=C\C(=O)CCCCC)COP(=O)(O)OC[C@@H](O)CO. The number of unbranched alkanes of at least 4 members (excludes halogenated alkanes) is 20. The molecule has 0 amide bonds. The first-order chi connectivity index (χ1) is 27.1. The molecule has 0 heterocycles. The smallest absolute Gasteiger partial charge is 0.462 e. The molecule has 11 nitrogen and oxygen atoms in total. The Morgan fingerprint density at radius 3 is 1.61 bits per heavy atom. The lowest BCUT2D eigenvalue weighted by Gasteiger charge is -2.20. The van der Waals surface area contributed by atoms with E-state index < -0.39 is 51.8 Å². The average molecular weight is 815 g/mol.